The van der Waals surface area contributed by atoms with E-state index in [9.17, 15) is 20.1 Å². The molecule has 0 aromatic heterocycles. The molecule has 0 aliphatic carbocycles. The predicted molar refractivity (Wildman–Crippen MR) is 106 cm³/mol. The maximum atomic E-state index is 10.9. The van der Waals surface area contributed by atoms with Crippen LogP contribution in [0.15, 0.2) is 60.7 Å². The lowest BCUT2D eigenvalue weighted by atomic mass is 9.98. The van der Waals surface area contributed by atoms with Gasteiger partial charge >= 0.3 is 5.97 Å². The van der Waals surface area contributed by atoms with E-state index in [4.69, 9.17) is 5.11 Å². The second-order valence-electron chi connectivity index (χ2n) is 6.83. The zero-order chi connectivity index (χ0) is 20.1. The van der Waals surface area contributed by atoms with Gasteiger partial charge in [0.15, 0.2) is 11.5 Å². The molecule has 28 heavy (non-hydrogen) atoms. The van der Waals surface area contributed by atoms with Gasteiger partial charge in [-0.2, -0.15) is 0 Å². The lowest BCUT2D eigenvalue weighted by Gasteiger charge is -2.09. The van der Waals surface area contributed by atoms with Crippen LogP contribution in [0.4, 0.5) is 0 Å². The van der Waals surface area contributed by atoms with E-state index in [-0.39, 0.29) is 22.8 Å². The minimum Gasteiger partial charge on any atom is -0.508 e. The summed E-state index contributed by atoms with van der Waals surface area (Å²) in [6.45, 7) is 0. The van der Waals surface area contributed by atoms with E-state index in [0.717, 1.165) is 35.1 Å². The number of phenolic OH excluding ortho intramolecular Hbond substituents is 3. The third kappa shape index (κ3) is 5.04. The molecule has 0 heterocycles. The number of hydrogen-bond acceptors (Lipinski definition) is 4. The molecule has 4 N–H and O–H groups in total. The number of carbonyl (C=O) groups is 1. The molecule has 3 aromatic carbocycles. The zero-order valence-electron chi connectivity index (χ0n) is 15.3. The zero-order valence-corrected chi connectivity index (χ0v) is 15.3. The Balaban J connectivity index is 1.63. The normalized spacial score (nSPS) is 10.7. The van der Waals surface area contributed by atoms with E-state index >= 15 is 0 Å². The molecule has 0 radical (unpaired) electrons. The first-order valence-corrected chi connectivity index (χ1v) is 9.05. The molecule has 0 aliphatic heterocycles. The molecule has 0 spiro atoms. The van der Waals surface area contributed by atoms with Crippen LogP contribution >= 0.6 is 0 Å². The number of phenols is 3. The number of rotatable bonds is 7. The Hall–Kier alpha value is -3.47. The SMILES string of the molecule is O=C(O)c1ccc(CCc2cc(O)cc(CCc3ccc(O)c(O)c3)c2)cc1. The molecule has 0 unspecified atom stereocenters. The highest BCUT2D eigenvalue weighted by molar-refractivity contribution is 5.87. The van der Waals surface area contributed by atoms with E-state index in [1.807, 2.05) is 18.2 Å². The van der Waals surface area contributed by atoms with E-state index < -0.39 is 5.97 Å². The van der Waals surface area contributed by atoms with Crippen LogP contribution < -0.4 is 0 Å². The van der Waals surface area contributed by atoms with Gasteiger partial charge in [0.2, 0.25) is 0 Å². The van der Waals surface area contributed by atoms with Crippen molar-refractivity contribution in [2.24, 2.45) is 0 Å². The Morgan fingerprint density at radius 2 is 1.14 bits per heavy atom. The van der Waals surface area contributed by atoms with Gasteiger partial charge in [-0.1, -0.05) is 24.3 Å². The van der Waals surface area contributed by atoms with Crippen LogP contribution in [-0.2, 0) is 25.7 Å². The standard InChI is InChI=1S/C23H22O5/c24-20-12-17(3-1-15-5-8-19(9-6-15)23(27)28)11-18(13-20)4-2-16-7-10-21(25)22(26)14-16/h5-14,24-26H,1-4H2,(H,27,28). The van der Waals surface area contributed by atoms with Crippen molar-refractivity contribution in [1.82, 2.24) is 0 Å². The molecular formula is C23H22O5. The Morgan fingerprint density at radius 3 is 1.71 bits per heavy atom. The quantitative estimate of drug-likeness (QED) is 0.465. The average Bonchev–Trinajstić information content (AvgIpc) is 2.67. The lowest BCUT2D eigenvalue weighted by Crippen LogP contribution is -1.98. The van der Waals surface area contributed by atoms with Crippen LogP contribution in [0, 0.1) is 0 Å². The van der Waals surface area contributed by atoms with Crippen LogP contribution in [0.1, 0.15) is 32.6 Å². The molecule has 3 aromatic rings. The molecule has 0 atom stereocenters. The summed E-state index contributed by atoms with van der Waals surface area (Å²) in [5.41, 5.74) is 4.20. The van der Waals surface area contributed by atoms with Gasteiger partial charge in [-0.05, 0) is 84.3 Å². The first-order valence-electron chi connectivity index (χ1n) is 9.05. The van der Waals surface area contributed by atoms with Crippen LogP contribution in [0.25, 0.3) is 0 Å². The molecule has 0 saturated carbocycles. The number of carboxylic acid groups (broad SMARTS) is 1. The molecule has 0 aliphatic rings. The molecule has 0 fully saturated rings. The van der Waals surface area contributed by atoms with Crippen LogP contribution in [-0.4, -0.2) is 26.4 Å². The first-order chi connectivity index (χ1) is 13.4. The summed E-state index contributed by atoms with van der Waals surface area (Å²) in [7, 11) is 0. The van der Waals surface area contributed by atoms with E-state index in [2.05, 4.69) is 0 Å². The van der Waals surface area contributed by atoms with Gasteiger partial charge in [0.05, 0.1) is 5.56 Å². The van der Waals surface area contributed by atoms with Crippen LogP contribution in [0.5, 0.6) is 17.2 Å². The molecule has 5 nitrogen and oxygen atoms in total. The summed E-state index contributed by atoms with van der Waals surface area (Å²) in [4.78, 5) is 10.9. The Bertz CT molecular complexity index is 977. The van der Waals surface area contributed by atoms with Crippen molar-refractivity contribution in [2.75, 3.05) is 0 Å². The number of hydrogen-bond donors (Lipinski definition) is 4. The highest BCUT2D eigenvalue weighted by Gasteiger charge is 2.06. The summed E-state index contributed by atoms with van der Waals surface area (Å²) < 4.78 is 0. The van der Waals surface area contributed by atoms with Gasteiger partial charge in [-0.3, -0.25) is 0 Å². The minimum atomic E-state index is -0.939. The largest absolute Gasteiger partial charge is 0.508 e. The molecule has 5 heteroatoms. The first kappa shape index (κ1) is 19.3. The summed E-state index contributed by atoms with van der Waals surface area (Å²) >= 11 is 0. The van der Waals surface area contributed by atoms with Crippen molar-refractivity contribution in [3.05, 3.63) is 88.5 Å². The molecule has 0 bridgehead atoms. The van der Waals surface area contributed by atoms with Crippen molar-refractivity contribution < 1.29 is 25.2 Å². The van der Waals surface area contributed by atoms with Crippen LogP contribution in [0.3, 0.4) is 0 Å². The van der Waals surface area contributed by atoms with Crippen molar-refractivity contribution in [3.63, 3.8) is 0 Å². The number of carboxylic acids is 1. The smallest absolute Gasteiger partial charge is 0.335 e. The fourth-order valence-corrected chi connectivity index (χ4v) is 3.15. The van der Waals surface area contributed by atoms with E-state index in [1.54, 1.807) is 36.4 Å². The third-order valence-corrected chi connectivity index (χ3v) is 4.68. The predicted octanol–water partition coefficient (Wildman–Crippen LogP) is 4.07. The van der Waals surface area contributed by atoms with Crippen molar-refractivity contribution >= 4 is 5.97 Å². The maximum absolute atomic E-state index is 10.9. The molecule has 144 valence electrons. The summed E-state index contributed by atoms with van der Waals surface area (Å²) in [5.74, 6) is -1.00. The minimum absolute atomic E-state index is 0.136. The highest BCUT2D eigenvalue weighted by Crippen LogP contribution is 2.26. The molecule has 3 rings (SSSR count). The van der Waals surface area contributed by atoms with Gasteiger partial charge < -0.3 is 20.4 Å². The second kappa shape index (κ2) is 8.48. The highest BCUT2D eigenvalue weighted by atomic mass is 16.4. The van der Waals surface area contributed by atoms with Gasteiger partial charge in [0, 0.05) is 0 Å². The summed E-state index contributed by atoms with van der Waals surface area (Å²) in [6, 6.07) is 17.1. The third-order valence-electron chi connectivity index (χ3n) is 4.68. The lowest BCUT2D eigenvalue weighted by molar-refractivity contribution is 0.0697. The number of aryl methyl sites for hydroxylation is 4. The van der Waals surface area contributed by atoms with Gasteiger partial charge in [-0.15, -0.1) is 0 Å². The number of aromatic carboxylic acids is 1. The summed E-state index contributed by atoms with van der Waals surface area (Å²) in [5, 5.41) is 38.0. The van der Waals surface area contributed by atoms with Crippen molar-refractivity contribution in [1.29, 1.82) is 0 Å². The van der Waals surface area contributed by atoms with Gasteiger partial charge in [0.1, 0.15) is 5.75 Å². The molecular weight excluding hydrogens is 356 g/mol. The fraction of sp³-hybridized carbons (Fsp3) is 0.174. The summed E-state index contributed by atoms with van der Waals surface area (Å²) in [6.07, 6.45) is 2.84. The van der Waals surface area contributed by atoms with E-state index in [0.29, 0.717) is 12.8 Å². The Morgan fingerprint density at radius 1 is 0.607 bits per heavy atom. The van der Waals surface area contributed by atoms with Gasteiger partial charge in [0.25, 0.3) is 0 Å². The fourth-order valence-electron chi connectivity index (χ4n) is 3.15. The Kier molecular flexibility index (Phi) is 5.84. The van der Waals surface area contributed by atoms with Gasteiger partial charge in [-0.25, -0.2) is 4.79 Å². The second-order valence-corrected chi connectivity index (χ2v) is 6.83. The van der Waals surface area contributed by atoms with E-state index in [1.165, 1.54) is 6.07 Å². The van der Waals surface area contributed by atoms with Crippen molar-refractivity contribution in [3.8, 4) is 17.2 Å². The Labute approximate surface area is 163 Å². The van der Waals surface area contributed by atoms with Crippen LogP contribution in [0.2, 0.25) is 0 Å². The number of aromatic hydroxyl groups is 3. The molecule has 0 saturated heterocycles. The number of benzene rings is 3. The average molecular weight is 378 g/mol. The topological polar surface area (TPSA) is 98.0 Å². The monoisotopic (exact) mass is 378 g/mol. The maximum Gasteiger partial charge on any atom is 0.335 e. The van der Waals surface area contributed by atoms with Crippen molar-refractivity contribution in [2.45, 2.75) is 25.7 Å². The molecule has 0 amide bonds.